The van der Waals surface area contributed by atoms with Gasteiger partial charge in [0, 0.05) is 25.3 Å². The zero-order chi connectivity index (χ0) is 22.1. The predicted molar refractivity (Wildman–Crippen MR) is 136 cm³/mol. The molecule has 8 nitrogen and oxygen atoms in total. The number of hydrogen-bond acceptors (Lipinski definition) is 5. The van der Waals surface area contributed by atoms with Crippen molar-refractivity contribution in [2.75, 3.05) is 20.3 Å². The molecule has 32 heavy (non-hydrogen) atoms. The van der Waals surface area contributed by atoms with Crippen molar-refractivity contribution in [1.82, 2.24) is 10.6 Å². The molecule has 2 unspecified atom stereocenters. The van der Waals surface area contributed by atoms with E-state index in [1.54, 1.807) is 19.2 Å². The van der Waals surface area contributed by atoms with Crippen LogP contribution in [0.4, 0.5) is 5.69 Å². The van der Waals surface area contributed by atoms with Crippen molar-refractivity contribution < 1.29 is 14.4 Å². The van der Waals surface area contributed by atoms with Crippen LogP contribution >= 0.6 is 24.0 Å². The first-order chi connectivity index (χ1) is 15.0. The molecule has 1 fully saturated rings. The molecule has 2 atom stereocenters. The molecule has 0 spiro atoms. The Balaban J connectivity index is 0.00000363. The van der Waals surface area contributed by atoms with Gasteiger partial charge >= 0.3 is 0 Å². The molecule has 3 rings (SSSR count). The van der Waals surface area contributed by atoms with Crippen molar-refractivity contribution in [3.8, 4) is 5.75 Å². The number of aliphatic imine (C=N–C) groups is 1. The SMILES string of the molecule is COc1ccc(CCNC(=NCc2ccc([N+](=O)[O-])cc2)NC(C)C2CCCO2)cc1.I. The Hall–Kier alpha value is -2.40. The van der Waals surface area contributed by atoms with E-state index in [1.165, 1.54) is 17.7 Å². The van der Waals surface area contributed by atoms with Gasteiger partial charge in [-0.1, -0.05) is 24.3 Å². The first-order valence-electron chi connectivity index (χ1n) is 10.6. The van der Waals surface area contributed by atoms with Crippen molar-refractivity contribution in [1.29, 1.82) is 0 Å². The normalized spacial score (nSPS) is 16.7. The van der Waals surface area contributed by atoms with Gasteiger partial charge in [0.25, 0.3) is 5.69 Å². The van der Waals surface area contributed by atoms with Gasteiger partial charge in [-0.05, 0) is 49.4 Å². The predicted octanol–water partition coefficient (Wildman–Crippen LogP) is 4.07. The number of rotatable bonds is 9. The van der Waals surface area contributed by atoms with Crippen LogP contribution in [0.15, 0.2) is 53.5 Å². The highest BCUT2D eigenvalue weighted by atomic mass is 127. The Bertz CT molecular complexity index is 869. The number of guanidine groups is 1. The number of halogens is 1. The van der Waals surface area contributed by atoms with Crippen molar-refractivity contribution in [3.05, 3.63) is 69.8 Å². The Morgan fingerprint density at radius 1 is 1.22 bits per heavy atom. The summed E-state index contributed by atoms with van der Waals surface area (Å²) in [6, 6.07) is 14.6. The number of nitrogens with zero attached hydrogens (tertiary/aromatic N) is 2. The molecular weight excluding hydrogens is 523 g/mol. The average molecular weight is 554 g/mol. The lowest BCUT2D eigenvalue weighted by molar-refractivity contribution is -0.384. The van der Waals surface area contributed by atoms with Crippen molar-refractivity contribution in [3.63, 3.8) is 0 Å². The molecule has 1 saturated heterocycles. The molecule has 9 heteroatoms. The largest absolute Gasteiger partial charge is 0.497 e. The molecule has 2 aromatic rings. The maximum Gasteiger partial charge on any atom is 0.269 e. The third kappa shape index (κ3) is 7.94. The zero-order valence-corrected chi connectivity index (χ0v) is 20.8. The Labute approximate surface area is 206 Å². The number of nitrogens with one attached hydrogen (secondary N) is 2. The van der Waals surface area contributed by atoms with Crippen LogP contribution in [0.3, 0.4) is 0 Å². The lowest BCUT2D eigenvalue weighted by Crippen LogP contribution is -2.47. The second-order valence-electron chi connectivity index (χ2n) is 7.60. The molecule has 0 aromatic heterocycles. The van der Waals surface area contributed by atoms with Gasteiger partial charge in [-0.2, -0.15) is 0 Å². The summed E-state index contributed by atoms with van der Waals surface area (Å²) < 4.78 is 11.0. The third-order valence-electron chi connectivity index (χ3n) is 5.32. The van der Waals surface area contributed by atoms with E-state index in [1.807, 2.05) is 12.1 Å². The van der Waals surface area contributed by atoms with Gasteiger partial charge < -0.3 is 20.1 Å². The van der Waals surface area contributed by atoms with Gasteiger partial charge in [0.05, 0.1) is 30.7 Å². The third-order valence-corrected chi connectivity index (χ3v) is 5.32. The molecule has 1 heterocycles. The van der Waals surface area contributed by atoms with Crippen LogP contribution < -0.4 is 15.4 Å². The summed E-state index contributed by atoms with van der Waals surface area (Å²) in [6.45, 7) is 4.05. The summed E-state index contributed by atoms with van der Waals surface area (Å²) in [6.07, 6.45) is 3.14. The first-order valence-corrected chi connectivity index (χ1v) is 10.6. The summed E-state index contributed by atoms with van der Waals surface area (Å²) >= 11 is 0. The highest BCUT2D eigenvalue weighted by Gasteiger charge is 2.23. The summed E-state index contributed by atoms with van der Waals surface area (Å²) in [5.41, 5.74) is 2.19. The van der Waals surface area contributed by atoms with E-state index in [4.69, 9.17) is 9.47 Å². The summed E-state index contributed by atoms with van der Waals surface area (Å²) in [5, 5.41) is 17.7. The van der Waals surface area contributed by atoms with E-state index in [-0.39, 0.29) is 41.8 Å². The second kappa shape index (κ2) is 13.2. The van der Waals surface area contributed by atoms with Gasteiger partial charge in [0.1, 0.15) is 5.75 Å². The zero-order valence-electron chi connectivity index (χ0n) is 18.5. The van der Waals surface area contributed by atoms with Crippen LogP contribution in [0.2, 0.25) is 0 Å². The molecule has 2 aromatic carbocycles. The van der Waals surface area contributed by atoms with E-state index >= 15 is 0 Å². The number of nitro groups is 1. The molecule has 0 bridgehead atoms. The Kier molecular flexibility index (Phi) is 10.7. The first kappa shape index (κ1) is 25.9. The van der Waals surface area contributed by atoms with Gasteiger partial charge in [-0.3, -0.25) is 10.1 Å². The minimum atomic E-state index is -0.399. The number of non-ortho nitro benzene ring substituents is 1. The number of hydrogen-bond donors (Lipinski definition) is 2. The van der Waals surface area contributed by atoms with E-state index in [0.717, 1.165) is 43.7 Å². The van der Waals surface area contributed by atoms with E-state index < -0.39 is 4.92 Å². The fourth-order valence-electron chi connectivity index (χ4n) is 3.47. The molecule has 0 amide bonds. The maximum atomic E-state index is 10.8. The Morgan fingerprint density at radius 3 is 2.50 bits per heavy atom. The van der Waals surface area contributed by atoms with Crippen molar-refractivity contribution >= 4 is 35.6 Å². The fourth-order valence-corrected chi connectivity index (χ4v) is 3.47. The van der Waals surface area contributed by atoms with E-state index in [9.17, 15) is 10.1 Å². The van der Waals surface area contributed by atoms with Crippen LogP contribution in [-0.2, 0) is 17.7 Å². The molecule has 2 N–H and O–H groups in total. The minimum absolute atomic E-state index is 0. The molecular formula is C23H31IN4O4. The quantitative estimate of drug-likeness (QED) is 0.160. The molecule has 1 aliphatic rings. The van der Waals surface area contributed by atoms with Gasteiger partial charge in [-0.25, -0.2) is 4.99 Å². The molecule has 0 saturated carbocycles. The Morgan fingerprint density at radius 2 is 1.91 bits per heavy atom. The number of ether oxygens (including phenoxy) is 2. The number of benzene rings is 2. The standard InChI is InChI=1S/C23H30N4O4.HI/c1-17(22-4-3-15-31-22)26-23(24-14-13-18-7-11-21(30-2)12-8-18)25-16-19-5-9-20(10-6-19)27(28)29;/h5-12,17,22H,3-4,13-16H2,1-2H3,(H2,24,25,26);1H. The maximum absolute atomic E-state index is 10.8. The monoisotopic (exact) mass is 554 g/mol. The molecule has 1 aliphatic heterocycles. The average Bonchev–Trinajstić information content (AvgIpc) is 3.33. The van der Waals surface area contributed by atoms with Crippen LogP contribution in [0.5, 0.6) is 5.75 Å². The smallest absolute Gasteiger partial charge is 0.269 e. The fraction of sp³-hybridized carbons (Fsp3) is 0.435. The second-order valence-corrected chi connectivity index (χ2v) is 7.60. The molecule has 0 radical (unpaired) electrons. The van der Waals surface area contributed by atoms with Crippen LogP contribution in [0, 0.1) is 10.1 Å². The van der Waals surface area contributed by atoms with Crippen LogP contribution in [0.1, 0.15) is 30.9 Å². The number of methoxy groups -OCH3 is 1. The van der Waals surface area contributed by atoms with Crippen molar-refractivity contribution in [2.24, 2.45) is 4.99 Å². The minimum Gasteiger partial charge on any atom is -0.497 e. The van der Waals surface area contributed by atoms with E-state index in [2.05, 4.69) is 34.7 Å². The lowest BCUT2D eigenvalue weighted by Gasteiger charge is -2.23. The highest BCUT2D eigenvalue weighted by molar-refractivity contribution is 14.0. The molecule has 174 valence electrons. The molecule has 0 aliphatic carbocycles. The van der Waals surface area contributed by atoms with Gasteiger partial charge in [0.15, 0.2) is 5.96 Å². The van der Waals surface area contributed by atoms with E-state index in [0.29, 0.717) is 12.5 Å². The topological polar surface area (TPSA) is 98.0 Å². The van der Waals surface area contributed by atoms with Gasteiger partial charge in [0.2, 0.25) is 0 Å². The number of nitro benzene ring substituents is 1. The summed E-state index contributed by atoms with van der Waals surface area (Å²) in [4.78, 5) is 15.1. The van der Waals surface area contributed by atoms with Gasteiger partial charge in [-0.15, -0.1) is 24.0 Å². The highest BCUT2D eigenvalue weighted by Crippen LogP contribution is 2.16. The summed E-state index contributed by atoms with van der Waals surface area (Å²) in [7, 11) is 1.66. The summed E-state index contributed by atoms with van der Waals surface area (Å²) in [5.74, 6) is 1.55. The lowest BCUT2D eigenvalue weighted by atomic mass is 10.1. The van der Waals surface area contributed by atoms with Crippen LogP contribution in [-0.4, -0.2) is 43.3 Å². The van der Waals surface area contributed by atoms with Crippen LogP contribution in [0.25, 0.3) is 0 Å². The van der Waals surface area contributed by atoms with Crippen molar-refractivity contribution in [2.45, 2.75) is 44.9 Å².